The SMILES string of the molecule is CCN1CCN(c2nsnc2OCc2ccccc2F)CC1. The first-order valence-corrected chi connectivity index (χ1v) is 8.17. The highest BCUT2D eigenvalue weighted by Gasteiger charge is 2.22. The number of likely N-dealkylation sites (N-methyl/N-ethyl adjacent to an activating group) is 1. The lowest BCUT2D eigenvalue weighted by Crippen LogP contribution is -2.46. The summed E-state index contributed by atoms with van der Waals surface area (Å²) in [5, 5.41) is 0. The van der Waals surface area contributed by atoms with Gasteiger partial charge >= 0.3 is 0 Å². The third-order valence-electron chi connectivity index (χ3n) is 3.88. The predicted molar refractivity (Wildman–Crippen MR) is 85.0 cm³/mol. The summed E-state index contributed by atoms with van der Waals surface area (Å²) in [6.45, 7) is 7.26. The number of aromatic nitrogens is 2. The molecule has 1 fully saturated rings. The lowest BCUT2D eigenvalue weighted by Gasteiger charge is -2.34. The van der Waals surface area contributed by atoms with Crippen LogP contribution in [0.1, 0.15) is 12.5 Å². The van der Waals surface area contributed by atoms with Crippen LogP contribution in [-0.4, -0.2) is 46.4 Å². The zero-order chi connectivity index (χ0) is 15.4. The van der Waals surface area contributed by atoms with Crippen LogP contribution < -0.4 is 9.64 Å². The molecule has 0 N–H and O–H groups in total. The standard InChI is InChI=1S/C15H19FN4OS/c1-2-19-7-9-20(10-8-19)14-15(18-22-17-14)21-11-12-5-3-4-6-13(12)16/h3-6H,2,7-11H2,1H3. The van der Waals surface area contributed by atoms with Crippen molar-refractivity contribution in [3.63, 3.8) is 0 Å². The van der Waals surface area contributed by atoms with Gasteiger partial charge in [-0.2, -0.15) is 4.37 Å². The molecule has 0 aliphatic carbocycles. The van der Waals surface area contributed by atoms with Gasteiger partial charge in [0, 0.05) is 31.7 Å². The largest absolute Gasteiger partial charge is 0.469 e. The molecule has 0 amide bonds. The highest BCUT2D eigenvalue weighted by Crippen LogP contribution is 2.27. The average Bonchev–Trinajstić information content (AvgIpc) is 3.03. The van der Waals surface area contributed by atoms with Crippen LogP contribution in [0, 0.1) is 5.82 Å². The van der Waals surface area contributed by atoms with Gasteiger partial charge in [0.1, 0.15) is 12.4 Å². The number of halogens is 1. The zero-order valence-corrected chi connectivity index (χ0v) is 13.4. The summed E-state index contributed by atoms with van der Waals surface area (Å²) < 4.78 is 27.9. The molecule has 1 aliphatic rings. The lowest BCUT2D eigenvalue weighted by atomic mass is 10.2. The Kier molecular flexibility index (Phi) is 4.84. The number of hydrogen-bond donors (Lipinski definition) is 0. The molecular formula is C15H19FN4OS. The van der Waals surface area contributed by atoms with E-state index >= 15 is 0 Å². The molecule has 1 aromatic heterocycles. The summed E-state index contributed by atoms with van der Waals surface area (Å²) in [6, 6.07) is 6.62. The van der Waals surface area contributed by atoms with Crippen LogP contribution >= 0.6 is 11.7 Å². The Morgan fingerprint density at radius 2 is 1.95 bits per heavy atom. The zero-order valence-electron chi connectivity index (χ0n) is 12.5. The second-order valence-electron chi connectivity index (χ2n) is 5.19. The Morgan fingerprint density at radius 1 is 1.18 bits per heavy atom. The quantitative estimate of drug-likeness (QED) is 0.845. The van der Waals surface area contributed by atoms with Gasteiger partial charge in [0.15, 0.2) is 0 Å². The Labute approximate surface area is 133 Å². The van der Waals surface area contributed by atoms with E-state index in [1.165, 1.54) is 6.07 Å². The van der Waals surface area contributed by atoms with Gasteiger partial charge in [-0.1, -0.05) is 25.1 Å². The number of hydrogen-bond acceptors (Lipinski definition) is 6. The highest BCUT2D eigenvalue weighted by atomic mass is 32.1. The van der Waals surface area contributed by atoms with Crippen molar-refractivity contribution in [1.29, 1.82) is 0 Å². The van der Waals surface area contributed by atoms with Crippen molar-refractivity contribution in [2.45, 2.75) is 13.5 Å². The van der Waals surface area contributed by atoms with E-state index in [4.69, 9.17) is 4.74 Å². The van der Waals surface area contributed by atoms with Crippen LogP contribution in [0.3, 0.4) is 0 Å². The second-order valence-corrected chi connectivity index (χ2v) is 5.72. The van der Waals surface area contributed by atoms with Crippen LogP contribution in [-0.2, 0) is 6.61 Å². The van der Waals surface area contributed by atoms with Gasteiger partial charge in [0.05, 0.1) is 11.7 Å². The minimum Gasteiger partial charge on any atom is -0.469 e. The molecule has 0 bridgehead atoms. The van der Waals surface area contributed by atoms with Gasteiger partial charge in [-0.15, -0.1) is 4.37 Å². The normalized spacial score (nSPS) is 16.0. The Bertz CT molecular complexity index is 613. The third kappa shape index (κ3) is 3.36. The van der Waals surface area contributed by atoms with E-state index in [1.807, 2.05) is 0 Å². The van der Waals surface area contributed by atoms with Crippen molar-refractivity contribution in [3.05, 3.63) is 35.6 Å². The van der Waals surface area contributed by atoms with Gasteiger partial charge in [0.25, 0.3) is 5.88 Å². The number of piperazine rings is 1. The van der Waals surface area contributed by atoms with Gasteiger partial charge < -0.3 is 14.5 Å². The summed E-state index contributed by atoms with van der Waals surface area (Å²) in [4.78, 5) is 4.59. The molecule has 0 unspecified atom stereocenters. The number of rotatable bonds is 5. The molecule has 3 rings (SSSR count). The van der Waals surface area contributed by atoms with Crippen molar-refractivity contribution in [2.24, 2.45) is 0 Å². The summed E-state index contributed by atoms with van der Waals surface area (Å²) in [7, 11) is 0. The third-order valence-corrected chi connectivity index (χ3v) is 4.39. The summed E-state index contributed by atoms with van der Waals surface area (Å²) in [6.07, 6.45) is 0. The Balaban J connectivity index is 1.64. The van der Waals surface area contributed by atoms with Crippen LogP contribution in [0.15, 0.2) is 24.3 Å². The minimum atomic E-state index is -0.260. The fraction of sp³-hybridized carbons (Fsp3) is 0.467. The summed E-state index contributed by atoms with van der Waals surface area (Å²) in [5.41, 5.74) is 0.525. The topological polar surface area (TPSA) is 41.5 Å². The molecular weight excluding hydrogens is 303 g/mol. The molecule has 118 valence electrons. The molecule has 1 aliphatic heterocycles. The number of benzene rings is 1. The predicted octanol–water partition coefficient (Wildman–Crippen LogP) is 2.40. The fourth-order valence-corrected chi connectivity index (χ4v) is 3.02. The summed E-state index contributed by atoms with van der Waals surface area (Å²) in [5.74, 6) is 1.01. The lowest BCUT2D eigenvalue weighted by molar-refractivity contribution is 0.265. The molecule has 2 aromatic rings. The van der Waals surface area contributed by atoms with Gasteiger partial charge in [-0.05, 0) is 12.6 Å². The summed E-state index contributed by atoms with van der Waals surface area (Å²) >= 11 is 1.13. The molecule has 0 spiro atoms. The Hall–Kier alpha value is -1.73. The minimum absolute atomic E-state index is 0.167. The molecule has 0 saturated carbocycles. The van der Waals surface area contributed by atoms with E-state index in [2.05, 4.69) is 25.5 Å². The van der Waals surface area contributed by atoms with Crippen LogP contribution in [0.25, 0.3) is 0 Å². The van der Waals surface area contributed by atoms with E-state index in [9.17, 15) is 4.39 Å². The van der Waals surface area contributed by atoms with E-state index in [0.29, 0.717) is 11.4 Å². The van der Waals surface area contributed by atoms with Crippen LogP contribution in [0.5, 0.6) is 5.88 Å². The van der Waals surface area contributed by atoms with Gasteiger partial charge in [0.2, 0.25) is 5.82 Å². The second kappa shape index (κ2) is 7.02. The van der Waals surface area contributed by atoms with Gasteiger partial charge in [-0.3, -0.25) is 0 Å². The van der Waals surface area contributed by atoms with Crippen molar-refractivity contribution in [3.8, 4) is 5.88 Å². The van der Waals surface area contributed by atoms with E-state index in [1.54, 1.807) is 18.2 Å². The van der Waals surface area contributed by atoms with Crippen LogP contribution in [0.4, 0.5) is 10.2 Å². The molecule has 5 nitrogen and oxygen atoms in total. The van der Waals surface area contributed by atoms with E-state index < -0.39 is 0 Å². The molecule has 2 heterocycles. The first-order valence-electron chi connectivity index (χ1n) is 7.44. The maximum absolute atomic E-state index is 13.6. The van der Waals surface area contributed by atoms with Crippen LogP contribution in [0.2, 0.25) is 0 Å². The first-order chi connectivity index (χ1) is 10.8. The number of ether oxygens (including phenoxy) is 1. The van der Waals surface area contributed by atoms with E-state index in [-0.39, 0.29) is 12.4 Å². The maximum Gasteiger partial charge on any atom is 0.271 e. The fourth-order valence-electron chi connectivity index (χ4n) is 2.50. The maximum atomic E-state index is 13.6. The molecule has 1 saturated heterocycles. The molecule has 22 heavy (non-hydrogen) atoms. The molecule has 0 atom stereocenters. The molecule has 1 aromatic carbocycles. The average molecular weight is 322 g/mol. The smallest absolute Gasteiger partial charge is 0.271 e. The molecule has 0 radical (unpaired) electrons. The number of anilines is 1. The highest BCUT2D eigenvalue weighted by molar-refractivity contribution is 6.99. The molecule has 7 heteroatoms. The monoisotopic (exact) mass is 322 g/mol. The first kappa shape index (κ1) is 15.2. The van der Waals surface area contributed by atoms with Crippen molar-refractivity contribution < 1.29 is 9.13 Å². The van der Waals surface area contributed by atoms with Crippen molar-refractivity contribution >= 4 is 17.5 Å². The van der Waals surface area contributed by atoms with Gasteiger partial charge in [-0.25, -0.2) is 4.39 Å². The Morgan fingerprint density at radius 3 is 2.68 bits per heavy atom. The van der Waals surface area contributed by atoms with Crippen molar-refractivity contribution in [2.75, 3.05) is 37.6 Å². The number of nitrogens with zero attached hydrogens (tertiary/aromatic N) is 4. The van der Waals surface area contributed by atoms with Crippen molar-refractivity contribution in [1.82, 2.24) is 13.6 Å². The van der Waals surface area contributed by atoms with E-state index in [0.717, 1.165) is 50.3 Å².